The van der Waals surface area contributed by atoms with Crippen molar-refractivity contribution < 1.29 is 13.5 Å². The van der Waals surface area contributed by atoms with Crippen LogP contribution in [-0.4, -0.2) is 14.2 Å². The summed E-state index contributed by atoms with van der Waals surface area (Å²) in [5.41, 5.74) is 0.829. The van der Waals surface area contributed by atoms with Crippen LogP contribution in [0.1, 0.15) is 23.1 Å². The summed E-state index contributed by atoms with van der Waals surface area (Å²) in [6.45, 7) is 0.430. The van der Waals surface area contributed by atoms with Crippen molar-refractivity contribution in [3.63, 3.8) is 0 Å². The molecule has 3 nitrogen and oxygen atoms in total. The molecule has 96 valence electrons. The van der Waals surface area contributed by atoms with Crippen LogP contribution in [-0.2, 0) is 11.3 Å². The number of benzene rings is 1. The number of hydrogen-bond acceptors (Lipinski definition) is 3. The van der Waals surface area contributed by atoms with Gasteiger partial charge in [0.25, 0.3) is 0 Å². The Bertz CT molecular complexity index is 510. The van der Waals surface area contributed by atoms with Gasteiger partial charge in [0.05, 0.1) is 6.04 Å². The fourth-order valence-corrected chi connectivity index (χ4v) is 1.93. The van der Waals surface area contributed by atoms with Crippen LogP contribution in [0.2, 0.25) is 0 Å². The molecule has 0 spiro atoms. The van der Waals surface area contributed by atoms with Crippen LogP contribution in [0.25, 0.3) is 0 Å². The molecule has 1 heterocycles. The molecule has 0 aliphatic rings. The first-order valence-corrected chi connectivity index (χ1v) is 5.75. The fraction of sp³-hybridized carbons (Fsp3) is 0.286. The first-order valence-electron chi connectivity index (χ1n) is 5.75. The number of ether oxygens (including phenoxy) is 1. The molecule has 4 heteroatoms. The molecule has 1 aromatic carbocycles. The summed E-state index contributed by atoms with van der Waals surface area (Å²) < 4.78 is 23.9. The minimum atomic E-state index is -0.253. The predicted molar refractivity (Wildman–Crippen MR) is 66.7 cm³/mol. The molecule has 1 aromatic heterocycles. The average Bonchev–Trinajstić information content (AvgIpc) is 2.79. The van der Waals surface area contributed by atoms with Crippen LogP contribution in [0.3, 0.4) is 0 Å². The first kappa shape index (κ1) is 12.8. The number of furan rings is 1. The average molecular weight is 249 g/mol. The highest BCUT2D eigenvalue weighted by Gasteiger charge is 2.16. The molecule has 0 saturated carbocycles. The standard InChI is InChI=1S/C14H16FNO2/c1-16-14(10-4-3-5-11(15)8-10)13-7-6-12(18-13)9-17-2/h3-8,14,16H,9H2,1-2H3. The van der Waals surface area contributed by atoms with Gasteiger partial charge in [-0.05, 0) is 36.9 Å². The Morgan fingerprint density at radius 2 is 2.17 bits per heavy atom. The minimum absolute atomic E-state index is 0.161. The zero-order valence-corrected chi connectivity index (χ0v) is 10.4. The molecular weight excluding hydrogens is 233 g/mol. The van der Waals surface area contributed by atoms with Gasteiger partial charge in [0.2, 0.25) is 0 Å². The van der Waals surface area contributed by atoms with E-state index in [0.29, 0.717) is 6.61 Å². The second-order valence-corrected chi connectivity index (χ2v) is 4.01. The Morgan fingerprint density at radius 3 is 2.83 bits per heavy atom. The predicted octanol–water partition coefficient (Wildman–Crippen LogP) is 2.87. The third-order valence-corrected chi connectivity index (χ3v) is 2.72. The lowest BCUT2D eigenvalue weighted by Crippen LogP contribution is -2.17. The van der Waals surface area contributed by atoms with Crippen molar-refractivity contribution in [2.75, 3.05) is 14.2 Å². The Hall–Kier alpha value is -1.65. The molecule has 0 fully saturated rings. The van der Waals surface area contributed by atoms with Crippen LogP contribution in [0.5, 0.6) is 0 Å². The lowest BCUT2D eigenvalue weighted by molar-refractivity contribution is 0.162. The normalized spacial score (nSPS) is 12.6. The maximum atomic E-state index is 13.2. The topological polar surface area (TPSA) is 34.4 Å². The van der Waals surface area contributed by atoms with Crippen molar-refractivity contribution in [2.45, 2.75) is 12.6 Å². The SMILES string of the molecule is CNC(c1cccc(F)c1)c1ccc(COC)o1. The molecule has 0 aliphatic heterocycles. The zero-order chi connectivity index (χ0) is 13.0. The van der Waals surface area contributed by atoms with Crippen LogP contribution in [0.15, 0.2) is 40.8 Å². The monoisotopic (exact) mass is 249 g/mol. The van der Waals surface area contributed by atoms with Gasteiger partial charge >= 0.3 is 0 Å². The van der Waals surface area contributed by atoms with Crippen molar-refractivity contribution in [3.05, 3.63) is 59.3 Å². The van der Waals surface area contributed by atoms with Gasteiger partial charge in [-0.1, -0.05) is 12.1 Å². The van der Waals surface area contributed by atoms with Crippen LogP contribution < -0.4 is 5.32 Å². The quantitative estimate of drug-likeness (QED) is 0.884. The third kappa shape index (κ3) is 2.78. The van der Waals surface area contributed by atoms with Gasteiger partial charge in [-0.2, -0.15) is 0 Å². The molecule has 1 unspecified atom stereocenters. The summed E-state index contributed by atoms with van der Waals surface area (Å²) >= 11 is 0. The van der Waals surface area contributed by atoms with E-state index in [-0.39, 0.29) is 11.9 Å². The molecule has 0 radical (unpaired) electrons. The van der Waals surface area contributed by atoms with Crippen LogP contribution in [0.4, 0.5) is 4.39 Å². The first-order chi connectivity index (χ1) is 8.74. The summed E-state index contributed by atoms with van der Waals surface area (Å²) in [5, 5.41) is 3.12. The smallest absolute Gasteiger partial charge is 0.129 e. The summed E-state index contributed by atoms with van der Waals surface area (Å²) in [4.78, 5) is 0. The van der Waals surface area contributed by atoms with Crippen molar-refractivity contribution in [1.82, 2.24) is 5.32 Å². The second-order valence-electron chi connectivity index (χ2n) is 4.01. The van der Waals surface area contributed by atoms with E-state index in [1.165, 1.54) is 12.1 Å². The molecule has 2 rings (SSSR count). The molecule has 0 bridgehead atoms. The Balaban J connectivity index is 2.27. The minimum Gasteiger partial charge on any atom is -0.462 e. The molecule has 0 saturated heterocycles. The summed E-state index contributed by atoms with van der Waals surface area (Å²) in [6.07, 6.45) is 0. The van der Waals surface area contributed by atoms with Gasteiger partial charge in [-0.15, -0.1) is 0 Å². The Morgan fingerprint density at radius 1 is 1.33 bits per heavy atom. The van der Waals surface area contributed by atoms with Crippen molar-refractivity contribution in [3.8, 4) is 0 Å². The fourth-order valence-electron chi connectivity index (χ4n) is 1.93. The van der Waals surface area contributed by atoms with Gasteiger partial charge in [0.15, 0.2) is 0 Å². The number of methoxy groups -OCH3 is 1. The molecule has 0 amide bonds. The van der Waals surface area contributed by atoms with Gasteiger partial charge in [-0.25, -0.2) is 4.39 Å². The lowest BCUT2D eigenvalue weighted by Gasteiger charge is -2.14. The highest BCUT2D eigenvalue weighted by molar-refractivity contribution is 5.27. The molecular formula is C14H16FNO2. The molecule has 1 atom stereocenters. The maximum Gasteiger partial charge on any atom is 0.129 e. The number of rotatable bonds is 5. The van der Waals surface area contributed by atoms with Crippen molar-refractivity contribution in [1.29, 1.82) is 0 Å². The van der Waals surface area contributed by atoms with Crippen molar-refractivity contribution in [2.24, 2.45) is 0 Å². The third-order valence-electron chi connectivity index (χ3n) is 2.72. The maximum absolute atomic E-state index is 13.2. The Labute approximate surface area is 106 Å². The van der Waals surface area contributed by atoms with Crippen molar-refractivity contribution >= 4 is 0 Å². The van der Waals surface area contributed by atoms with E-state index in [1.807, 2.05) is 25.2 Å². The Kier molecular flexibility index (Phi) is 4.12. The van der Waals surface area contributed by atoms with E-state index in [9.17, 15) is 4.39 Å². The highest BCUT2D eigenvalue weighted by Crippen LogP contribution is 2.24. The van der Waals surface area contributed by atoms with Gasteiger partial charge in [0.1, 0.15) is 23.9 Å². The van der Waals surface area contributed by atoms with E-state index in [0.717, 1.165) is 17.1 Å². The zero-order valence-electron chi connectivity index (χ0n) is 10.4. The van der Waals surface area contributed by atoms with E-state index in [2.05, 4.69) is 5.32 Å². The number of nitrogens with one attached hydrogen (secondary N) is 1. The van der Waals surface area contributed by atoms with E-state index < -0.39 is 0 Å². The number of halogens is 1. The van der Waals surface area contributed by atoms with Gasteiger partial charge in [0, 0.05) is 7.11 Å². The van der Waals surface area contributed by atoms with E-state index in [4.69, 9.17) is 9.15 Å². The number of hydrogen-bond donors (Lipinski definition) is 1. The lowest BCUT2D eigenvalue weighted by atomic mass is 10.0. The summed E-state index contributed by atoms with van der Waals surface area (Å²) in [7, 11) is 3.43. The highest BCUT2D eigenvalue weighted by atomic mass is 19.1. The van der Waals surface area contributed by atoms with Crippen LogP contribution >= 0.6 is 0 Å². The largest absolute Gasteiger partial charge is 0.462 e. The molecule has 0 aliphatic carbocycles. The van der Waals surface area contributed by atoms with E-state index in [1.54, 1.807) is 13.2 Å². The summed E-state index contributed by atoms with van der Waals surface area (Å²) in [5.74, 6) is 1.25. The van der Waals surface area contributed by atoms with Gasteiger partial charge in [-0.3, -0.25) is 0 Å². The van der Waals surface area contributed by atoms with Gasteiger partial charge < -0.3 is 14.5 Å². The van der Waals surface area contributed by atoms with Crippen LogP contribution in [0, 0.1) is 5.82 Å². The second kappa shape index (κ2) is 5.80. The summed E-state index contributed by atoms with van der Waals surface area (Å²) in [6, 6.07) is 10.1. The molecule has 2 aromatic rings. The van der Waals surface area contributed by atoms with E-state index >= 15 is 0 Å². The molecule has 18 heavy (non-hydrogen) atoms. The molecule has 1 N–H and O–H groups in total.